The summed E-state index contributed by atoms with van der Waals surface area (Å²) in [7, 11) is 1.68. The Balaban J connectivity index is 4.14. The van der Waals surface area contributed by atoms with Crippen LogP contribution in [0.3, 0.4) is 0 Å². The lowest BCUT2D eigenvalue weighted by atomic mass is 10.0. The van der Waals surface area contributed by atoms with Crippen LogP contribution in [0.4, 0.5) is 0 Å². The smallest absolute Gasteiger partial charge is 0.472 e. The van der Waals surface area contributed by atoms with Crippen molar-refractivity contribution in [2.24, 2.45) is 0 Å². The van der Waals surface area contributed by atoms with Crippen LogP contribution >= 0.6 is 7.82 Å². The van der Waals surface area contributed by atoms with Gasteiger partial charge in [0, 0.05) is 6.42 Å². The Morgan fingerprint density at radius 1 is 0.525 bits per heavy atom. The minimum atomic E-state index is -4.27. The lowest BCUT2D eigenvalue weighted by Crippen LogP contribution is -2.37. The van der Waals surface area contributed by atoms with E-state index in [0.29, 0.717) is 17.4 Å². The first kappa shape index (κ1) is 57.8. The normalized spacial score (nSPS) is 13.7. The molecule has 9 heteroatoms. The summed E-state index contributed by atoms with van der Waals surface area (Å²) < 4.78 is 34.9. The molecule has 0 aliphatic heterocycles. The van der Waals surface area contributed by atoms with E-state index >= 15 is 0 Å². The molecule has 8 nitrogen and oxygen atoms in total. The van der Waals surface area contributed by atoms with E-state index in [4.69, 9.17) is 18.5 Å². The third-order valence-electron chi connectivity index (χ3n) is 11.1. The predicted molar refractivity (Wildman–Crippen MR) is 252 cm³/mol. The highest BCUT2D eigenvalue weighted by molar-refractivity contribution is 7.47. The van der Waals surface area contributed by atoms with Gasteiger partial charge >= 0.3 is 13.8 Å². The summed E-state index contributed by atoms with van der Waals surface area (Å²) in [5.41, 5.74) is 0. The van der Waals surface area contributed by atoms with Gasteiger partial charge in [-0.1, -0.05) is 199 Å². The maximum absolute atomic E-state index is 12.5. The maximum Gasteiger partial charge on any atom is 0.472 e. The van der Waals surface area contributed by atoms with E-state index < -0.39 is 13.9 Å². The molecule has 0 radical (unpaired) electrons. The Kier molecular flexibility index (Phi) is 42.6. The van der Waals surface area contributed by atoms with Gasteiger partial charge in [0.1, 0.15) is 19.8 Å². The fourth-order valence-electron chi connectivity index (χ4n) is 7.12. The van der Waals surface area contributed by atoms with E-state index in [1.54, 1.807) is 6.26 Å². The number of phosphoric ester groups is 1. The average Bonchev–Trinajstić information content (AvgIpc) is 3.19. The lowest BCUT2D eigenvalue weighted by molar-refractivity contribution is -0.870. The molecule has 0 rings (SSSR count). The molecule has 2 atom stereocenters. The molecule has 0 aliphatic carbocycles. The van der Waals surface area contributed by atoms with Crippen molar-refractivity contribution in [2.45, 2.75) is 245 Å². The number of quaternary nitrogens is 1. The zero-order valence-corrected chi connectivity index (χ0v) is 40.6. The van der Waals surface area contributed by atoms with E-state index in [2.05, 4.69) is 26.0 Å². The molecular weight excluding hydrogens is 758 g/mol. The zero-order valence-electron chi connectivity index (χ0n) is 39.8. The van der Waals surface area contributed by atoms with Gasteiger partial charge in [-0.25, -0.2) is 4.57 Å². The van der Waals surface area contributed by atoms with Crippen molar-refractivity contribution < 1.29 is 37.3 Å². The number of allylic oxidation sites excluding steroid dienone is 3. The fraction of sp³-hybridized carbons (Fsp3) is 0.900. The minimum Gasteiger partial charge on any atom is -0.492 e. The molecule has 0 saturated heterocycles. The number of carbonyl (C=O) groups is 1. The topological polar surface area (TPSA) is 91.3 Å². The monoisotopic (exact) mass is 857 g/mol. The van der Waals surface area contributed by atoms with E-state index in [0.717, 1.165) is 32.1 Å². The van der Waals surface area contributed by atoms with Crippen molar-refractivity contribution in [3.05, 3.63) is 24.5 Å². The second-order valence-electron chi connectivity index (χ2n) is 18.3. The van der Waals surface area contributed by atoms with Crippen molar-refractivity contribution in [2.75, 3.05) is 47.5 Å². The SMILES string of the molecule is CCCCCC/C=C\CCCCCCCC/C=C\OC(COC(=O)CCCCCCCCCCCCCCCCCCCCCCC)COP(=O)(O)OCC[N+](C)(C)C. The summed E-state index contributed by atoms with van der Waals surface area (Å²) >= 11 is 0. The van der Waals surface area contributed by atoms with Gasteiger partial charge in [0.15, 0.2) is 6.10 Å². The van der Waals surface area contributed by atoms with E-state index in [9.17, 15) is 14.3 Å². The minimum absolute atomic E-state index is 0.0463. The van der Waals surface area contributed by atoms with E-state index in [1.807, 2.05) is 27.2 Å². The summed E-state index contributed by atoms with van der Waals surface area (Å²) in [4.78, 5) is 22.8. The average molecular weight is 857 g/mol. The first-order chi connectivity index (χ1) is 28.6. The molecule has 0 bridgehead atoms. The van der Waals surface area contributed by atoms with Crippen LogP contribution in [0, 0.1) is 0 Å². The van der Waals surface area contributed by atoms with Crippen molar-refractivity contribution in [1.82, 2.24) is 0 Å². The Bertz CT molecular complexity index is 998. The van der Waals surface area contributed by atoms with Crippen LogP contribution in [0.15, 0.2) is 24.5 Å². The number of ether oxygens (including phenoxy) is 2. The Labute approximate surface area is 366 Å². The predicted octanol–water partition coefficient (Wildman–Crippen LogP) is 15.5. The lowest BCUT2D eigenvalue weighted by Gasteiger charge is -2.24. The fourth-order valence-corrected chi connectivity index (χ4v) is 7.86. The molecule has 1 N–H and O–H groups in total. The molecular formula is C50H99NO7P+. The second-order valence-corrected chi connectivity index (χ2v) is 19.7. The van der Waals surface area contributed by atoms with Crippen molar-refractivity contribution in [1.29, 1.82) is 0 Å². The molecule has 0 spiro atoms. The summed E-state index contributed by atoms with van der Waals surface area (Å²) in [5.74, 6) is -0.273. The van der Waals surface area contributed by atoms with Gasteiger partial charge in [-0.2, -0.15) is 0 Å². The molecule has 0 heterocycles. The highest BCUT2D eigenvalue weighted by Gasteiger charge is 2.25. The van der Waals surface area contributed by atoms with Crippen molar-refractivity contribution in [3.63, 3.8) is 0 Å². The Morgan fingerprint density at radius 3 is 1.32 bits per heavy atom. The van der Waals surface area contributed by atoms with Crippen LogP contribution in [-0.2, 0) is 27.9 Å². The van der Waals surface area contributed by atoms with Crippen molar-refractivity contribution in [3.8, 4) is 0 Å². The molecule has 350 valence electrons. The first-order valence-electron chi connectivity index (χ1n) is 25.1. The molecule has 0 aliphatic rings. The first-order valence-corrected chi connectivity index (χ1v) is 26.6. The number of rotatable bonds is 47. The Morgan fingerprint density at radius 2 is 0.898 bits per heavy atom. The number of hydrogen-bond donors (Lipinski definition) is 1. The number of unbranched alkanes of at least 4 members (excludes halogenated alkanes) is 31. The van der Waals surface area contributed by atoms with Crippen LogP contribution in [0.25, 0.3) is 0 Å². The van der Waals surface area contributed by atoms with Gasteiger partial charge in [0.05, 0.1) is 34.0 Å². The Hall–Kier alpha value is -1.18. The molecule has 2 unspecified atom stereocenters. The third kappa shape index (κ3) is 47.7. The summed E-state index contributed by atoms with van der Waals surface area (Å²) in [6.45, 7) is 4.93. The molecule has 0 aromatic rings. The van der Waals surface area contributed by atoms with E-state index in [-0.39, 0.29) is 25.8 Å². The number of hydrogen-bond acceptors (Lipinski definition) is 6. The third-order valence-corrected chi connectivity index (χ3v) is 12.1. The maximum atomic E-state index is 12.5. The van der Waals surface area contributed by atoms with Gasteiger partial charge in [-0.3, -0.25) is 13.8 Å². The van der Waals surface area contributed by atoms with Crippen LogP contribution < -0.4 is 0 Å². The summed E-state index contributed by atoms with van der Waals surface area (Å²) in [5, 5.41) is 0. The van der Waals surface area contributed by atoms with E-state index in [1.165, 1.54) is 186 Å². The van der Waals surface area contributed by atoms with Crippen molar-refractivity contribution >= 4 is 13.8 Å². The number of likely N-dealkylation sites (N-methyl/N-ethyl adjacent to an activating group) is 1. The highest BCUT2D eigenvalue weighted by Crippen LogP contribution is 2.43. The molecule has 0 aromatic carbocycles. The standard InChI is InChI=1S/C50H98NO7P/c1-6-8-10-12-14-16-18-20-22-24-25-26-27-28-29-31-33-35-37-39-41-43-50(52)56-47-49(48-58-59(53,54)57-46-44-51(3,4)5)55-45-42-40-38-36-34-32-30-23-21-19-17-15-13-11-9-7-2/h17,19,42,45,49H,6-16,18,20-41,43-44,46-48H2,1-5H3/p+1/b19-17-,45-42-. The highest BCUT2D eigenvalue weighted by atomic mass is 31.2. The van der Waals surface area contributed by atoms with Crippen LogP contribution in [0.2, 0.25) is 0 Å². The largest absolute Gasteiger partial charge is 0.492 e. The molecule has 59 heavy (non-hydrogen) atoms. The number of carbonyl (C=O) groups excluding carboxylic acids is 1. The van der Waals surface area contributed by atoms with Crippen LogP contribution in [0.5, 0.6) is 0 Å². The second kappa shape index (κ2) is 43.5. The zero-order chi connectivity index (χ0) is 43.4. The van der Waals surface area contributed by atoms with Gasteiger partial charge in [0.25, 0.3) is 0 Å². The van der Waals surface area contributed by atoms with Gasteiger partial charge in [0.2, 0.25) is 0 Å². The summed E-state index contributed by atoms with van der Waals surface area (Å²) in [6.07, 6.45) is 51.8. The number of phosphoric acid groups is 1. The quantitative estimate of drug-likeness (QED) is 0.0163. The van der Waals surface area contributed by atoms with Gasteiger partial charge < -0.3 is 18.9 Å². The number of nitrogens with zero attached hydrogens (tertiary/aromatic N) is 1. The van der Waals surface area contributed by atoms with Crippen LogP contribution in [0.1, 0.15) is 239 Å². The molecule has 0 saturated carbocycles. The molecule has 0 amide bonds. The van der Waals surface area contributed by atoms with Gasteiger partial charge in [-0.15, -0.1) is 0 Å². The summed E-state index contributed by atoms with van der Waals surface area (Å²) in [6, 6.07) is 0. The van der Waals surface area contributed by atoms with Gasteiger partial charge in [-0.05, 0) is 51.0 Å². The molecule has 0 aromatic heterocycles. The van der Waals surface area contributed by atoms with Crippen LogP contribution in [-0.4, -0.2) is 69.0 Å². The molecule has 0 fully saturated rings. The number of esters is 1.